The third-order valence-electron chi connectivity index (χ3n) is 4.28. The molecule has 0 radical (unpaired) electrons. The lowest BCUT2D eigenvalue weighted by Gasteiger charge is -2.34. The molecule has 2 aliphatic rings. The number of nitrogens with zero attached hydrogens (tertiary/aromatic N) is 1. The van der Waals surface area contributed by atoms with Crippen molar-refractivity contribution in [2.75, 3.05) is 19.7 Å². The highest BCUT2D eigenvalue weighted by Crippen LogP contribution is 2.66. The van der Waals surface area contributed by atoms with Gasteiger partial charge in [-0.1, -0.05) is 11.6 Å². The van der Waals surface area contributed by atoms with Gasteiger partial charge in [-0.05, 0) is 13.8 Å². The van der Waals surface area contributed by atoms with E-state index in [1.165, 1.54) is 0 Å². The Labute approximate surface area is 203 Å². The highest BCUT2D eigenvalue weighted by atomic mass is 31.3. The summed E-state index contributed by atoms with van der Waals surface area (Å²) in [5.41, 5.74) is 1.30. The Hall–Kier alpha value is -1.62. The summed E-state index contributed by atoms with van der Waals surface area (Å²) < 4.78 is 50.6. The van der Waals surface area contributed by atoms with Crippen LogP contribution in [0.25, 0.3) is 0 Å². The van der Waals surface area contributed by atoms with Crippen LogP contribution < -0.4 is 10.6 Å². The molecule has 0 saturated heterocycles. The van der Waals surface area contributed by atoms with Crippen LogP contribution in [0.1, 0.15) is 13.8 Å². The molecule has 2 rings (SSSR count). The van der Waals surface area contributed by atoms with Gasteiger partial charge in [-0.15, -0.1) is 0 Å². The summed E-state index contributed by atoms with van der Waals surface area (Å²) in [5.74, 6) is -1.63. The van der Waals surface area contributed by atoms with Gasteiger partial charge in [0.1, 0.15) is 6.61 Å². The molecule has 5 atom stereocenters. The molecule has 206 valence electrons. The molecule has 36 heavy (non-hydrogen) atoms. The molecule has 0 aromatic heterocycles. The van der Waals surface area contributed by atoms with Gasteiger partial charge >= 0.3 is 29.5 Å². The second kappa shape index (κ2) is 11.8. The number of urea groups is 1. The van der Waals surface area contributed by atoms with E-state index in [0.717, 1.165) is 16.7 Å². The van der Waals surface area contributed by atoms with E-state index in [9.17, 15) is 38.7 Å². The summed E-state index contributed by atoms with van der Waals surface area (Å²) in [6.45, 7) is 3.18. The summed E-state index contributed by atoms with van der Waals surface area (Å²) in [7, 11) is -16.9. The number of rotatable bonds is 12. The second-order valence-electron chi connectivity index (χ2n) is 7.50. The number of aliphatic hydroxyl groups is 3. The van der Waals surface area contributed by atoms with E-state index < -0.39 is 66.2 Å². The van der Waals surface area contributed by atoms with E-state index in [0.29, 0.717) is 6.54 Å². The lowest BCUT2D eigenvalue weighted by molar-refractivity contribution is -0.0376. The van der Waals surface area contributed by atoms with Gasteiger partial charge in [-0.3, -0.25) is 9.42 Å². The maximum absolute atomic E-state index is 12.3. The molecule has 0 saturated carbocycles. The van der Waals surface area contributed by atoms with E-state index in [4.69, 9.17) is 19.4 Å². The summed E-state index contributed by atoms with van der Waals surface area (Å²) in [6, 6.07) is -0.929. The number of hydrogen-bond acceptors (Lipinski definition) is 12. The van der Waals surface area contributed by atoms with Crippen molar-refractivity contribution in [1.82, 2.24) is 15.5 Å². The second-order valence-corrected chi connectivity index (χ2v) is 11.9. The van der Waals surface area contributed by atoms with E-state index in [-0.39, 0.29) is 12.1 Å². The minimum Gasteiger partial charge on any atom is -0.506 e. The van der Waals surface area contributed by atoms with Crippen molar-refractivity contribution in [1.29, 1.82) is 0 Å². The molecular formula is C15H26N3O15P3. The predicted octanol–water partition coefficient (Wildman–Crippen LogP) is -0.400. The predicted molar refractivity (Wildman–Crippen MR) is 117 cm³/mol. The number of allylic oxidation sites excluding steroid dienone is 1. The van der Waals surface area contributed by atoms with Crippen molar-refractivity contribution in [3.05, 3.63) is 34.9 Å². The number of ether oxygens (including phenoxy) is 1. The average molecular weight is 581 g/mol. The van der Waals surface area contributed by atoms with E-state index >= 15 is 0 Å². The third kappa shape index (κ3) is 9.04. The van der Waals surface area contributed by atoms with Crippen molar-refractivity contribution in [2.45, 2.75) is 32.4 Å². The maximum atomic E-state index is 12.3. The fourth-order valence-corrected chi connectivity index (χ4v) is 5.72. The number of phosphoric ester groups is 1. The minimum atomic E-state index is -5.77. The molecule has 0 fully saturated rings. The zero-order chi connectivity index (χ0) is 27.5. The van der Waals surface area contributed by atoms with Crippen molar-refractivity contribution < 1.29 is 71.3 Å². The van der Waals surface area contributed by atoms with Gasteiger partial charge in [0.2, 0.25) is 6.23 Å². The summed E-state index contributed by atoms with van der Waals surface area (Å²) in [6.07, 6.45) is -1.84. The fraction of sp³-hybridized carbons (Fsp3) is 0.533. The zero-order valence-electron chi connectivity index (χ0n) is 18.7. The largest absolute Gasteiger partial charge is 0.506 e. The first-order valence-corrected chi connectivity index (χ1v) is 14.3. The Kier molecular flexibility index (Phi) is 10.1. The first-order valence-electron chi connectivity index (χ1n) is 9.77. The van der Waals surface area contributed by atoms with E-state index in [1.54, 1.807) is 0 Å². The highest BCUT2D eigenvalue weighted by molar-refractivity contribution is 7.66. The molecule has 0 spiro atoms. The minimum absolute atomic E-state index is 0.114. The molecule has 18 nitrogen and oxygen atoms in total. The van der Waals surface area contributed by atoms with Gasteiger partial charge in [0.25, 0.3) is 0 Å². The van der Waals surface area contributed by atoms with Crippen LogP contribution in [0.4, 0.5) is 4.79 Å². The zero-order valence-corrected chi connectivity index (χ0v) is 21.4. The van der Waals surface area contributed by atoms with Crippen molar-refractivity contribution in [3.8, 4) is 0 Å². The van der Waals surface area contributed by atoms with Gasteiger partial charge in [0, 0.05) is 24.9 Å². The van der Waals surface area contributed by atoms with Gasteiger partial charge in [0.05, 0.1) is 0 Å². The average Bonchev–Trinajstić information content (AvgIpc) is 2.96. The van der Waals surface area contributed by atoms with Crippen molar-refractivity contribution in [3.63, 3.8) is 0 Å². The monoisotopic (exact) mass is 581 g/mol. The summed E-state index contributed by atoms with van der Waals surface area (Å²) in [5, 5.41) is 35.7. The first-order chi connectivity index (χ1) is 16.4. The van der Waals surface area contributed by atoms with Crippen LogP contribution in [0.15, 0.2) is 34.9 Å². The van der Waals surface area contributed by atoms with Crippen LogP contribution in [0.5, 0.6) is 0 Å². The lowest BCUT2D eigenvalue weighted by atomic mass is 10.2. The number of amides is 2. The van der Waals surface area contributed by atoms with E-state index in [2.05, 4.69) is 23.8 Å². The molecule has 2 heterocycles. The quantitative estimate of drug-likeness (QED) is 0.0805. The van der Waals surface area contributed by atoms with Crippen LogP contribution in [-0.4, -0.2) is 84.1 Å². The molecule has 4 unspecified atom stereocenters. The molecule has 21 heteroatoms. The lowest BCUT2D eigenvalue weighted by Crippen LogP contribution is -2.55. The van der Waals surface area contributed by atoms with Gasteiger partial charge < -0.3 is 50.3 Å². The third-order valence-corrected chi connectivity index (χ3v) is 8.07. The fourth-order valence-electron chi connectivity index (χ4n) is 2.75. The van der Waals surface area contributed by atoms with Crippen LogP contribution in [-0.2, 0) is 31.6 Å². The number of aliphatic hydroxyl groups excluding tert-OH is 3. The van der Waals surface area contributed by atoms with Crippen LogP contribution in [0.2, 0.25) is 0 Å². The Morgan fingerprint density at radius 1 is 1.17 bits per heavy atom. The molecule has 0 bridgehead atoms. The molecule has 2 amide bonds. The Bertz CT molecular complexity index is 1080. The van der Waals surface area contributed by atoms with Crippen molar-refractivity contribution >= 4 is 29.5 Å². The topological polar surface area (TPSA) is 274 Å². The first kappa shape index (κ1) is 30.6. The molecule has 9 N–H and O–H groups in total. The SMILES string of the molecule is CC(C)=CCNCC1=CN([C@@H]2OC(COP(=O)(O)OP(=O)(O)OP(=O)(O)O)=C(O)C2O)C(=O)NC1O. The van der Waals surface area contributed by atoms with Crippen LogP contribution >= 0.6 is 23.5 Å². The molecule has 2 aliphatic heterocycles. The molecule has 0 aromatic carbocycles. The van der Waals surface area contributed by atoms with Crippen molar-refractivity contribution in [2.24, 2.45) is 0 Å². The Balaban J connectivity index is 2.07. The molecule has 0 aliphatic carbocycles. The van der Waals surface area contributed by atoms with Crippen LogP contribution in [0.3, 0.4) is 0 Å². The Morgan fingerprint density at radius 2 is 1.81 bits per heavy atom. The highest BCUT2D eigenvalue weighted by Gasteiger charge is 2.45. The number of hydrogen-bond donors (Lipinski definition) is 9. The number of nitrogens with one attached hydrogen (secondary N) is 2. The van der Waals surface area contributed by atoms with Crippen LogP contribution in [0, 0.1) is 0 Å². The van der Waals surface area contributed by atoms with Gasteiger partial charge in [-0.2, -0.15) is 8.62 Å². The number of carbonyl (C=O) groups is 1. The summed E-state index contributed by atoms with van der Waals surface area (Å²) in [4.78, 5) is 48.8. The smallest absolute Gasteiger partial charge is 0.490 e. The maximum Gasteiger partial charge on any atom is 0.490 e. The molecule has 0 aromatic rings. The standard InChI is InChI=1S/C15H26N3O15P3/c1-8(2)3-4-16-5-9-6-18(15(22)17-13(9)21)14-12(20)11(19)10(31-14)7-30-35(26,27)33-36(28,29)32-34(23,24)25/h3,6,12-14,16,19-21H,4-5,7H2,1-2H3,(H,17,22)(H,26,27)(H,28,29)(H2,23,24,25)/t12?,13?,14-/m1/s1. The summed E-state index contributed by atoms with van der Waals surface area (Å²) >= 11 is 0. The van der Waals surface area contributed by atoms with E-state index in [1.807, 2.05) is 19.9 Å². The van der Waals surface area contributed by atoms with Gasteiger partial charge in [0.15, 0.2) is 23.9 Å². The number of carbonyl (C=O) groups excluding carboxylic acids is 1. The van der Waals surface area contributed by atoms with Gasteiger partial charge in [-0.25, -0.2) is 18.5 Å². The normalized spacial score (nSPS) is 26.0. The molecular weight excluding hydrogens is 555 g/mol. The Morgan fingerprint density at radius 3 is 2.39 bits per heavy atom. The number of phosphoric acid groups is 3.